The molecule has 0 aliphatic carbocycles. The molecule has 2 rings (SSSR count). The highest BCUT2D eigenvalue weighted by molar-refractivity contribution is 5.64. The summed E-state index contributed by atoms with van der Waals surface area (Å²) >= 11 is 0. The minimum atomic E-state index is -0.846. The maximum atomic E-state index is 13.6. The van der Waals surface area contributed by atoms with E-state index in [4.69, 9.17) is 4.74 Å². The van der Waals surface area contributed by atoms with Gasteiger partial charge in [0.1, 0.15) is 5.75 Å². The molecule has 0 heterocycles. The van der Waals surface area contributed by atoms with Gasteiger partial charge in [-0.25, -0.2) is 8.78 Å². The van der Waals surface area contributed by atoms with E-state index in [1.807, 2.05) is 6.92 Å². The minimum absolute atomic E-state index is 0.243. The molecule has 1 nitrogen and oxygen atoms in total. The SMILES string of the molecule is C/C=C/Oc1ccc(-c2cccc(F)c2F)cc1. The zero-order chi connectivity index (χ0) is 13.0. The smallest absolute Gasteiger partial charge is 0.166 e. The molecule has 0 amide bonds. The van der Waals surface area contributed by atoms with Crippen LogP contribution in [-0.4, -0.2) is 0 Å². The second kappa shape index (κ2) is 5.45. The fraction of sp³-hybridized carbons (Fsp3) is 0.0667. The maximum absolute atomic E-state index is 13.6. The summed E-state index contributed by atoms with van der Waals surface area (Å²) in [4.78, 5) is 0. The molecule has 0 aromatic heterocycles. The Labute approximate surface area is 104 Å². The first-order valence-electron chi connectivity index (χ1n) is 5.54. The quantitative estimate of drug-likeness (QED) is 0.722. The van der Waals surface area contributed by atoms with Gasteiger partial charge in [0.05, 0.1) is 6.26 Å². The van der Waals surface area contributed by atoms with E-state index in [1.54, 1.807) is 42.7 Å². The number of benzene rings is 2. The van der Waals surface area contributed by atoms with Crippen LogP contribution in [0.15, 0.2) is 54.8 Å². The van der Waals surface area contributed by atoms with Crippen molar-refractivity contribution >= 4 is 0 Å². The summed E-state index contributed by atoms with van der Waals surface area (Å²) in [7, 11) is 0. The second-order valence-electron chi connectivity index (χ2n) is 3.71. The molecule has 18 heavy (non-hydrogen) atoms. The van der Waals surface area contributed by atoms with Crippen LogP contribution in [0.1, 0.15) is 6.92 Å². The van der Waals surface area contributed by atoms with E-state index in [0.717, 1.165) is 6.07 Å². The van der Waals surface area contributed by atoms with Gasteiger partial charge in [-0.05, 0) is 30.7 Å². The predicted molar refractivity (Wildman–Crippen MR) is 67.2 cm³/mol. The third-order valence-electron chi connectivity index (χ3n) is 2.46. The summed E-state index contributed by atoms with van der Waals surface area (Å²) in [5, 5.41) is 0. The molecule has 0 spiro atoms. The monoisotopic (exact) mass is 246 g/mol. The lowest BCUT2D eigenvalue weighted by atomic mass is 10.0. The Kier molecular flexibility index (Phi) is 3.72. The van der Waals surface area contributed by atoms with Crippen LogP contribution >= 0.6 is 0 Å². The Hall–Kier alpha value is -2.16. The van der Waals surface area contributed by atoms with Crippen LogP contribution in [0.25, 0.3) is 11.1 Å². The Morgan fingerprint density at radius 2 is 1.72 bits per heavy atom. The number of hydrogen-bond acceptors (Lipinski definition) is 1. The van der Waals surface area contributed by atoms with Crippen molar-refractivity contribution in [3.8, 4) is 16.9 Å². The van der Waals surface area contributed by atoms with Gasteiger partial charge in [0.25, 0.3) is 0 Å². The molecule has 0 aliphatic heterocycles. The van der Waals surface area contributed by atoms with Crippen molar-refractivity contribution in [2.75, 3.05) is 0 Å². The molecule has 0 aliphatic rings. The number of halogens is 2. The van der Waals surface area contributed by atoms with Crippen molar-refractivity contribution in [2.24, 2.45) is 0 Å². The third-order valence-corrected chi connectivity index (χ3v) is 2.46. The van der Waals surface area contributed by atoms with Crippen molar-refractivity contribution < 1.29 is 13.5 Å². The van der Waals surface area contributed by atoms with Crippen LogP contribution in [0, 0.1) is 11.6 Å². The van der Waals surface area contributed by atoms with Crippen LogP contribution in [0.5, 0.6) is 5.75 Å². The summed E-state index contributed by atoms with van der Waals surface area (Å²) < 4.78 is 31.9. The number of allylic oxidation sites excluding steroid dienone is 1. The molecule has 3 heteroatoms. The molecule has 2 aromatic carbocycles. The van der Waals surface area contributed by atoms with Gasteiger partial charge in [0.2, 0.25) is 0 Å². The summed E-state index contributed by atoms with van der Waals surface area (Å²) in [6, 6.07) is 10.9. The fourth-order valence-corrected chi connectivity index (χ4v) is 1.59. The molecular weight excluding hydrogens is 234 g/mol. The van der Waals surface area contributed by atoms with Crippen molar-refractivity contribution in [1.29, 1.82) is 0 Å². The molecule has 92 valence electrons. The van der Waals surface area contributed by atoms with Gasteiger partial charge < -0.3 is 4.74 Å². The fourth-order valence-electron chi connectivity index (χ4n) is 1.59. The van der Waals surface area contributed by atoms with E-state index in [9.17, 15) is 8.78 Å². The molecule has 0 atom stereocenters. The summed E-state index contributed by atoms with van der Waals surface area (Å²) in [5.74, 6) is -1.03. The van der Waals surface area contributed by atoms with E-state index < -0.39 is 11.6 Å². The zero-order valence-corrected chi connectivity index (χ0v) is 9.86. The largest absolute Gasteiger partial charge is 0.465 e. The molecule has 0 bridgehead atoms. The summed E-state index contributed by atoms with van der Waals surface area (Å²) in [5.41, 5.74) is 0.854. The van der Waals surface area contributed by atoms with Gasteiger partial charge in [-0.2, -0.15) is 0 Å². The number of hydrogen-bond donors (Lipinski definition) is 0. The lowest BCUT2D eigenvalue weighted by Gasteiger charge is -2.05. The van der Waals surface area contributed by atoms with Gasteiger partial charge in [0, 0.05) is 5.56 Å². The molecular formula is C15H12F2O. The van der Waals surface area contributed by atoms with Crippen LogP contribution < -0.4 is 4.74 Å². The van der Waals surface area contributed by atoms with Gasteiger partial charge in [-0.3, -0.25) is 0 Å². The van der Waals surface area contributed by atoms with E-state index in [1.165, 1.54) is 6.07 Å². The normalized spacial score (nSPS) is 10.8. The van der Waals surface area contributed by atoms with Gasteiger partial charge in [0.15, 0.2) is 11.6 Å². The Balaban J connectivity index is 2.31. The minimum Gasteiger partial charge on any atom is -0.465 e. The zero-order valence-electron chi connectivity index (χ0n) is 9.86. The molecule has 2 aromatic rings. The highest BCUT2D eigenvalue weighted by Crippen LogP contribution is 2.26. The van der Waals surface area contributed by atoms with E-state index in [-0.39, 0.29) is 5.56 Å². The molecule has 0 N–H and O–H groups in total. The van der Waals surface area contributed by atoms with Gasteiger partial charge >= 0.3 is 0 Å². The Morgan fingerprint density at radius 1 is 1.00 bits per heavy atom. The standard InChI is InChI=1S/C15H12F2O/c1-2-10-18-12-8-6-11(7-9-12)13-4-3-5-14(16)15(13)17/h2-10H,1H3/b10-2+. The molecule has 0 unspecified atom stereocenters. The Bertz CT molecular complexity index is 559. The predicted octanol–water partition coefficient (Wildman–Crippen LogP) is 4.54. The van der Waals surface area contributed by atoms with Crippen LogP contribution in [0.2, 0.25) is 0 Å². The molecule has 0 saturated carbocycles. The number of rotatable bonds is 3. The lowest BCUT2D eigenvalue weighted by Crippen LogP contribution is -1.89. The third kappa shape index (κ3) is 2.56. The summed E-state index contributed by atoms with van der Waals surface area (Å²) in [6.45, 7) is 1.84. The van der Waals surface area contributed by atoms with E-state index in [0.29, 0.717) is 11.3 Å². The van der Waals surface area contributed by atoms with Crippen LogP contribution in [-0.2, 0) is 0 Å². The highest BCUT2D eigenvalue weighted by Gasteiger charge is 2.09. The molecule has 0 radical (unpaired) electrons. The highest BCUT2D eigenvalue weighted by atomic mass is 19.2. The van der Waals surface area contributed by atoms with Crippen LogP contribution in [0.3, 0.4) is 0 Å². The summed E-state index contributed by atoms with van der Waals surface area (Å²) in [6.07, 6.45) is 3.32. The van der Waals surface area contributed by atoms with E-state index in [2.05, 4.69) is 0 Å². The van der Waals surface area contributed by atoms with Crippen molar-refractivity contribution in [3.63, 3.8) is 0 Å². The molecule has 0 saturated heterocycles. The van der Waals surface area contributed by atoms with Crippen molar-refractivity contribution in [2.45, 2.75) is 6.92 Å². The molecule has 0 fully saturated rings. The van der Waals surface area contributed by atoms with Crippen molar-refractivity contribution in [3.05, 3.63) is 66.4 Å². The lowest BCUT2D eigenvalue weighted by molar-refractivity contribution is 0.480. The topological polar surface area (TPSA) is 9.23 Å². The van der Waals surface area contributed by atoms with Gasteiger partial charge in [-0.1, -0.05) is 30.3 Å². The second-order valence-corrected chi connectivity index (χ2v) is 3.71. The number of ether oxygens (including phenoxy) is 1. The first kappa shape index (κ1) is 12.3. The maximum Gasteiger partial charge on any atom is 0.166 e. The van der Waals surface area contributed by atoms with Crippen molar-refractivity contribution in [1.82, 2.24) is 0 Å². The first-order chi connectivity index (χ1) is 8.72. The average molecular weight is 246 g/mol. The van der Waals surface area contributed by atoms with Crippen LogP contribution in [0.4, 0.5) is 8.78 Å². The first-order valence-corrected chi connectivity index (χ1v) is 5.54. The van der Waals surface area contributed by atoms with E-state index >= 15 is 0 Å². The Morgan fingerprint density at radius 3 is 2.39 bits per heavy atom. The average Bonchev–Trinajstić information content (AvgIpc) is 2.40. The van der Waals surface area contributed by atoms with Gasteiger partial charge in [-0.15, -0.1) is 0 Å².